The highest BCUT2D eigenvalue weighted by Crippen LogP contribution is 2.50. The van der Waals surface area contributed by atoms with Crippen molar-refractivity contribution in [3.8, 4) is 0 Å². The van der Waals surface area contributed by atoms with Gasteiger partial charge in [-0.15, -0.1) is 0 Å². The summed E-state index contributed by atoms with van der Waals surface area (Å²) in [7, 11) is 0. The van der Waals surface area contributed by atoms with Crippen LogP contribution in [0.1, 0.15) is 24.1 Å². The number of anilines is 1. The van der Waals surface area contributed by atoms with Crippen molar-refractivity contribution in [3.63, 3.8) is 0 Å². The van der Waals surface area contributed by atoms with Gasteiger partial charge in [-0.05, 0) is 42.5 Å². The van der Waals surface area contributed by atoms with Crippen LogP contribution in [0.2, 0.25) is 0 Å². The van der Waals surface area contributed by atoms with Crippen LogP contribution in [0.4, 0.5) is 10.3 Å². The predicted octanol–water partition coefficient (Wildman–Crippen LogP) is 2.90. The van der Waals surface area contributed by atoms with Crippen LogP contribution in [0.15, 0.2) is 36.5 Å². The molecule has 0 bridgehead atoms. The predicted molar refractivity (Wildman–Crippen MR) is 113 cm³/mol. The van der Waals surface area contributed by atoms with Crippen molar-refractivity contribution in [2.75, 3.05) is 42.6 Å². The molecule has 1 aliphatic carbocycles. The van der Waals surface area contributed by atoms with Gasteiger partial charge in [-0.1, -0.05) is 12.1 Å². The Bertz CT molecular complexity index is 860. The number of hydrogen-bond donors (Lipinski definition) is 1. The molecule has 1 N–H and O–H groups in total. The Kier molecular flexibility index (Phi) is 5.22. The van der Waals surface area contributed by atoms with Crippen molar-refractivity contribution in [3.05, 3.63) is 53.6 Å². The van der Waals surface area contributed by atoms with Gasteiger partial charge in [0.25, 0.3) is 0 Å². The highest BCUT2D eigenvalue weighted by molar-refractivity contribution is 7.99. The summed E-state index contributed by atoms with van der Waals surface area (Å²) in [6.45, 7) is 4.62. The first-order valence-corrected chi connectivity index (χ1v) is 11.6. The van der Waals surface area contributed by atoms with Crippen molar-refractivity contribution in [1.82, 2.24) is 14.9 Å². The third-order valence-corrected chi connectivity index (χ3v) is 7.69. The minimum Gasteiger partial charge on any atom is -0.385 e. The zero-order valence-electron chi connectivity index (χ0n) is 16.5. The Labute approximate surface area is 175 Å². The van der Waals surface area contributed by atoms with Crippen LogP contribution < -0.4 is 4.90 Å². The quantitative estimate of drug-likeness (QED) is 0.830. The SMILES string of the molecule is O[C@]1(c2ccc(F)cc2)CC[C@@H]2CN(Cc3ccnc(N4CCSCC4)n3)C[C@@H]21. The van der Waals surface area contributed by atoms with Gasteiger partial charge in [-0.25, -0.2) is 14.4 Å². The van der Waals surface area contributed by atoms with Gasteiger partial charge in [0, 0.05) is 56.3 Å². The van der Waals surface area contributed by atoms with Crippen LogP contribution >= 0.6 is 11.8 Å². The third-order valence-electron chi connectivity index (χ3n) is 6.75. The first kappa shape index (κ1) is 19.3. The number of rotatable bonds is 4. The lowest BCUT2D eigenvalue weighted by Crippen LogP contribution is -2.35. The highest BCUT2D eigenvalue weighted by Gasteiger charge is 2.52. The molecule has 0 spiro atoms. The fourth-order valence-electron chi connectivity index (χ4n) is 5.23. The molecule has 0 amide bonds. The molecule has 0 radical (unpaired) electrons. The standard InChI is InChI=1S/C22H27FN4OS/c23-18-3-1-17(2-4-18)22(28)7-5-16-13-26(15-20(16)22)14-19-6-8-24-21(25-19)27-9-11-29-12-10-27/h1-4,6,8,16,20,28H,5,7,9-15H2/t16-,20+,22+/m1/s1. The van der Waals surface area contributed by atoms with Crippen LogP contribution in [-0.2, 0) is 12.1 Å². The first-order chi connectivity index (χ1) is 14.1. The number of likely N-dealkylation sites (tertiary alicyclic amines) is 1. The van der Waals surface area contributed by atoms with Gasteiger partial charge in [0.15, 0.2) is 0 Å². The molecule has 3 heterocycles. The van der Waals surface area contributed by atoms with E-state index in [1.807, 2.05) is 24.0 Å². The van der Waals surface area contributed by atoms with Crippen molar-refractivity contribution in [1.29, 1.82) is 0 Å². The van der Waals surface area contributed by atoms with E-state index in [-0.39, 0.29) is 11.7 Å². The molecular weight excluding hydrogens is 387 g/mol. The van der Waals surface area contributed by atoms with Crippen LogP contribution in [0.3, 0.4) is 0 Å². The van der Waals surface area contributed by atoms with Gasteiger partial charge in [0.05, 0.1) is 11.3 Å². The van der Waals surface area contributed by atoms with E-state index >= 15 is 0 Å². The van der Waals surface area contributed by atoms with Crippen molar-refractivity contribution < 1.29 is 9.50 Å². The molecule has 1 aromatic heterocycles. The molecule has 1 aromatic carbocycles. The molecule has 5 nitrogen and oxygen atoms in total. The lowest BCUT2D eigenvalue weighted by atomic mass is 9.82. The number of aromatic nitrogens is 2. The largest absolute Gasteiger partial charge is 0.385 e. The Hall–Kier alpha value is -1.70. The molecule has 2 saturated heterocycles. The smallest absolute Gasteiger partial charge is 0.225 e. The highest BCUT2D eigenvalue weighted by atomic mass is 32.2. The summed E-state index contributed by atoms with van der Waals surface area (Å²) in [6.07, 6.45) is 3.63. The van der Waals surface area contributed by atoms with Gasteiger partial charge in [-0.3, -0.25) is 4.90 Å². The van der Waals surface area contributed by atoms with Gasteiger partial charge in [-0.2, -0.15) is 11.8 Å². The van der Waals surface area contributed by atoms with Gasteiger partial charge >= 0.3 is 0 Å². The molecule has 3 atom stereocenters. The van der Waals surface area contributed by atoms with E-state index in [4.69, 9.17) is 4.98 Å². The molecule has 154 valence electrons. The number of aliphatic hydroxyl groups is 1. The summed E-state index contributed by atoms with van der Waals surface area (Å²) in [4.78, 5) is 14.0. The van der Waals surface area contributed by atoms with Crippen molar-refractivity contribution in [2.45, 2.75) is 25.0 Å². The number of benzene rings is 1. The second-order valence-electron chi connectivity index (χ2n) is 8.48. The fraction of sp³-hybridized carbons (Fsp3) is 0.545. The van der Waals surface area contributed by atoms with E-state index in [1.54, 1.807) is 12.1 Å². The second-order valence-corrected chi connectivity index (χ2v) is 9.70. The lowest BCUT2D eigenvalue weighted by molar-refractivity contribution is -0.00692. The summed E-state index contributed by atoms with van der Waals surface area (Å²) >= 11 is 1.98. The number of hydrogen-bond acceptors (Lipinski definition) is 6. The summed E-state index contributed by atoms with van der Waals surface area (Å²) in [5.74, 6) is 3.51. The molecule has 1 saturated carbocycles. The van der Waals surface area contributed by atoms with Gasteiger partial charge in [0.1, 0.15) is 5.82 Å². The van der Waals surface area contributed by atoms with Crippen molar-refractivity contribution in [2.24, 2.45) is 11.8 Å². The van der Waals surface area contributed by atoms with Crippen LogP contribution in [-0.4, -0.2) is 57.7 Å². The van der Waals surface area contributed by atoms with E-state index in [2.05, 4.69) is 14.8 Å². The minimum absolute atomic E-state index is 0.188. The maximum absolute atomic E-state index is 13.3. The summed E-state index contributed by atoms with van der Waals surface area (Å²) in [6, 6.07) is 8.40. The minimum atomic E-state index is -0.852. The Morgan fingerprint density at radius 3 is 2.72 bits per heavy atom. The zero-order valence-corrected chi connectivity index (χ0v) is 17.3. The first-order valence-electron chi connectivity index (χ1n) is 10.5. The normalized spacial score (nSPS) is 29.9. The van der Waals surface area contributed by atoms with Gasteiger partial charge in [0.2, 0.25) is 5.95 Å². The van der Waals surface area contributed by atoms with Crippen LogP contribution in [0.25, 0.3) is 0 Å². The summed E-state index contributed by atoms with van der Waals surface area (Å²) in [5, 5.41) is 11.4. The number of fused-ring (bicyclic) bond motifs is 1. The Morgan fingerprint density at radius 1 is 1.14 bits per heavy atom. The average molecular weight is 415 g/mol. The van der Waals surface area contributed by atoms with E-state index in [0.717, 1.165) is 74.3 Å². The number of halogens is 1. The van der Waals surface area contributed by atoms with Crippen LogP contribution in [0, 0.1) is 17.7 Å². The molecule has 3 aliphatic rings. The van der Waals surface area contributed by atoms with Gasteiger partial charge < -0.3 is 10.0 Å². The molecule has 2 aromatic rings. The molecule has 3 fully saturated rings. The Morgan fingerprint density at radius 2 is 1.93 bits per heavy atom. The summed E-state index contributed by atoms with van der Waals surface area (Å²) < 4.78 is 13.3. The van der Waals surface area contributed by atoms with Crippen molar-refractivity contribution >= 4 is 17.7 Å². The molecule has 0 unspecified atom stereocenters. The van der Waals surface area contributed by atoms with E-state index in [9.17, 15) is 9.50 Å². The fourth-order valence-corrected chi connectivity index (χ4v) is 6.13. The maximum atomic E-state index is 13.3. The summed E-state index contributed by atoms with van der Waals surface area (Å²) in [5.41, 5.74) is 1.04. The number of thioether (sulfide) groups is 1. The monoisotopic (exact) mass is 414 g/mol. The molecular formula is C22H27FN4OS. The molecule has 29 heavy (non-hydrogen) atoms. The van der Waals surface area contributed by atoms with E-state index in [1.165, 1.54) is 12.1 Å². The van der Waals surface area contributed by atoms with E-state index < -0.39 is 5.60 Å². The number of nitrogens with zero attached hydrogens (tertiary/aromatic N) is 4. The van der Waals surface area contributed by atoms with Crippen LogP contribution in [0.5, 0.6) is 0 Å². The second kappa shape index (κ2) is 7.85. The lowest BCUT2D eigenvalue weighted by Gasteiger charge is -2.31. The molecule has 5 rings (SSSR count). The van der Waals surface area contributed by atoms with E-state index in [0.29, 0.717) is 5.92 Å². The third kappa shape index (κ3) is 3.76. The Balaban J connectivity index is 1.28. The zero-order chi connectivity index (χ0) is 19.8. The maximum Gasteiger partial charge on any atom is 0.225 e. The topological polar surface area (TPSA) is 52.5 Å². The molecule has 7 heteroatoms. The average Bonchev–Trinajstić information content (AvgIpc) is 3.29. The molecule has 2 aliphatic heterocycles.